The van der Waals surface area contributed by atoms with E-state index in [-0.39, 0.29) is 11.9 Å². The minimum atomic E-state index is -0.240. The van der Waals surface area contributed by atoms with Crippen LogP contribution in [-0.4, -0.2) is 37.7 Å². The quantitative estimate of drug-likeness (QED) is 0.472. The first kappa shape index (κ1) is 20.3. The highest BCUT2D eigenvalue weighted by atomic mass is 16.5. The van der Waals surface area contributed by atoms with E-state index in [4.69, 9.17) is 4.74 Å². The van der Waals surface area contributed by atoms with Gasteiger partial charge in [-0.25, -0.2) is 15.0 Å². The lowest BCUT2D eigenvalue weighted by Gasteiger charge is -2.16. The molecule has 0 saturated heterocycles. The summed E-state index contributed by atoms with van der Waals surface area (Å²) in [5, 5.41) is 10.6. The summed E-state index contributed by atoms with van der Waals surface area (Å²) in [6.45, 7) is 4.80. The molecule has 4 rings (SSSR count). The van der Waals surface area contributed by atoms with Crippen LogP contribution < -0.4 is 15.4 Å². The molecule has 2 N–H and O–H groups in total. The second kappa shape index (κ2) is 8.78. The van der Waals surface area contributed by atoms with Crippen LogP contribution in [0.1, 0.15) is 35.8 Å². The number of aryl methyl sites for hydroxylation is 1. The number of fused-ring (bicyclic) bond motifs is 1. The number of carbonyl (C=O) groups is 1. The van der Waals surface area contributed by atoms with Crippen molar-refractivity contribution in [3.63, 3.8) is 0 Å². The predicted octanol–water partition coefficient (Wildman–Crippen LogP) is 3.68. The van der Waals surface area contributed by atoms with Crippen molar-refractivity contribution in [1.82, 2.24) is 24.7 Å². The lowest BCUT2D eigenvalue weighted by Crippen LogP contribution is -2.13. The number of benzene rings is 1. The SMILES string of the molecule is CCn1cc2ncc(N[C@@H](C)c3cccc(NC(=O)c4ccc(OC)nc4)c3)nc2n1. The topological polar surface area (TPSA) is 107 Å². The van der Waals surface area contributed by atoms with Crippen molar-refractivity contribution in [2.45, 2.75) is 26.4 Å². The van der Waals surface area contributed by atoms with E-state index in [0.717, 1.165) is 17.6 Å². The van der Waals surface area contributed by atoms with Gasteiger partial charge in [-0.1, -0.05) is 12.1 Å². The number of amides is 1. The third kappa shape index (κ3) is 4.61. The molecule has 9 heteroatoms. The number of nitrogens with zero attached hydrogens (tertiary/aromatic N) is 5. The molecule has 0 aliphatic heterocycles. The second-order valence-electron chi connectivity index (χ2n) is 6.98. The molecule has 0 fully saturated rings. The Morgan fingerprint density at radius 1 is 1.19 bits per heavy atom. The van der Waals surface area contributed by atoms with E-state index in [1.807, 2.05) is 49.0 Å². The van der Waals surface area contributed by atoms with Crippen LogP contribution in [0.2, 0.25) is 0 Å². The molecule has 1 amide bonds. The Balaban J connectivity index is 1.46. The number of hydrogen-bond donors (Lipinski definition) is 2. The van der Waals surface area contributed by atoms with E-state index in [0.29, 0.717) is 28.6 Å². The number of methoxy groups -OCH3 is 1. The normalized spacial score (nSPS) is 11.8. The summed E-state index contributed by atoms with van der Waals surface area (Å²) in [7, 11) is 1.53. The highest BCUT2D eigenvalue weighted by Crippen LogP contribution is 2.22. The van der Waals surface area contributed by atoms with Gasteiger partial charge in [0, 0.05) is 24.5 Å². The van der Waals surface area contributed by atoms with Gasteiger partial charge >= 0.3 is 0 Å². The fraction of sp³-hybridized carbons (Fsp3) is 0.227. The standard InChI is InChI=1S/C22H23N7O2/c1-4-29-13-18-21(28-29)27-19(12-23-18)25-14(2)15-6-5-7-17(10-15)26-22(30)16-8-9-20(31-3)24-11-16/h5-14H,4H2,1-3H3,(H,26,30)(H,25,27,28)/t14-/m0/s1. The third-order valence-electron chi connectivity index (χ3n) is 4.82. The molecule has 0 aliphatic carbocycles. The summed E-state index contributed by atoms with van der Waals surface area (Å²) >= 11 is 0. The molecule has 4 aromatic rings. The molecule has 9 nitrogen and oxygen atoms in total. The number of carbonyl (C=O) groups excluding carboxylic acids is 1. The van der Waals surface area contributed by atoms with Crippen molar-refractivity contribution in [1.29, 1.82) is 0 Å². The summed E-state index contributed by atoms with van der Waals surface area (Å²) < 4.78 is 6.83. The minimum absolute atomic E-state index is 0.0560. The summed E-state index contributed by atoms with van der Waals surface area (Å²) in [5.74, 6) is 0.858. The zero-order valence-electron chi connectivity index (χ0n) is 17.5. The van der Waals surface area contributed by atoms with Crippen LogP contribution in [0.25, 0.3) is 11.2 Å². The number of ether oxygens (including phenoxy) is 1. The predicted molar refractivity (Wildman–Crippen MR) is 118 cm³/mol. The Hall–Kier alpha value is -4.01. The molecule has 1 aromatic carbocycles. The van der Waals surface area contributed by atoms with Gasteiger partial charge in [0.1, 0.15) is 11.3 Å². The summed E-state index contributed by atoms with van der Waals surface area (Å²) in [6.07, 6.45) is 5.06. The van der Waals surface area contributed by atoms with Crippen molar-refractivity contribution in [2.24, 2.45) is 0 Å². The van der Waals surface area contributed by atoms with Gasteiger partial charge in [0.2, 0.25) is 11.5 Å². The van der Waals surface area contributed by atoms with Crippen LogP contribution in [0.15, 0.2) is 55.0 Å². The van der Waals surface area contributed by atoms with Crippen molar-refractivity contribution < 1.29 is 9.53 Å². The average Bonchev–Trinajstić information content (AvgIpc) is 3.22. The molecule has 1 atom stereocenters. The number of aromatic nitrogens is 5. The van der Waals surface area contributed by atoms with Crippen molar-refractivity contribution in [2.75, 3.05) is 17.7 Å². The molecule has 0 saturated carbocycles. The Morgan fingerprint density at radius 2 is 2.06 bits per heavy atom. The fourth-order valence-corrected chi connectivity index (χ4v) is 3.11. The summed E-state index contributed by atoms with van der Waals surface area (Å²) in [6, 6.07) is 10.9. The Morgan fingerprint density at radius 3 is 2.81 bits per heavy atom. The van der Waals surface area contributed by atoms with Crippen molar-refractivity contribution in [3.8, 4) is 5.88 Å². The number of anilines is 2. The van der Waals surface area contributed by atoms with Crippen LogP contribution in [0, 0.1) is 0 Å². The molecule has 158 valence electrons. The molecular formula is C22H23N7O2. The Kier molecular flexibility index (Phi) is 5.74. The van der Waals surface area contributed by atoms with Crippen molar-refractivity contribution >= 4 is 28.6 Å². The first-order chi connectivity index (χ1) is 15.1. The first-order valence-corrected chi connectivity index (χ1v) is 9.94. The van der Waals surface area contributed by atoms with Crippen LogP contribution in [-0.2, 0) is 6.54 Å². The molecule has 0 aliphatic rings. The molecule has 3 aromatic heterocycles. The van der Waals surface area contributed by atoms with Crippen LogP contribution in [0.4, 0.5) is 11.5 Å². The van der Waals surface area contributed by atoms with Gasteiger partial charge in [-0.2, -0.15) is 5.10 Å². The van der Waals surface area contributed by atoms with E-state index in [2.05, 4.69) is 30.7 Å². The summed E-state index contributed by atoms with van der Waals surface area (Å²) in [4.78, 5) is 25.5. The summed E-state index contributed by atoms with van der Waals surface area (Å²) in [5.41, 5.74) is 3.50. The maximum Gasteiger partial charge on any atom is 0.257 e. The van der Waals surface area contributed by atoms with E-state index in [9.17, 15) is 4.79 Å². The highest BCUT2D eigenvalue weighted by molar-refractivity contribution is 6.04. The van der Waals surface area contributed by atoms with Gasteiger partial charge < -0.3 is 15.4 Å². The lowest BCUT2D eigenvalue weighted by molar-refractivity contribution is 0.102. The van der Waals surface area contributed by atoms with Gasteiger partial charge in [-0.3, -0.25) is 9.48 Å². The second-order valence-corrected chi connectivity index (χ2v) is 6.98. The third-order valence-corrected chi connectivity index (χ3v) is 4.82. The molecule has 3 heterocycles. The number of rotatable bonds is 7. The number of nitrogens with one attached hydrogen (secondary N) is 2. The molecular weight excluding hydrogens is 394 g/mol. The van der Waals surface area contributed by atoms with Gasteiger partial charge in [-0.05, 0) is 37.6 Å². The molecule has 0 spiro atoms. The first-order valence-electron chi connectivity index (χ1n) is 9.94. The van der Waals surface area contributed by atoms with Gasteiger partial charge in [0.15, 0.2) is 0 Å². The maximum absolute atomic E-state index is 12.5. The molecule has 0 unspecified atom stereocenters. The van der Waals surface area contributed by atoms with Crippen LogP contribution >= 0.6 is 0 Å². The smallest absolute Gasteiger partial charge is 0.257 e. The maximum atomic E-state index is 12.5. The van der Waals surface area contributed by atoms with Gasteiger partial charge in [0.05, 0.1) is 31.1 Å². The van der Waals surface area contributed by atoms with E-state index in [1.165, 1.54) is 13.3 Å². The van der Waals surface area contributed by atoms with Crippen LogP contribution in [0.5, 0.6) is 5.88 Å². The molecule has 0 radical (unpaired) electrons. The molecule has 0 bridgehead atoms. The molecule has 31 heavy (non-hydrogen) atoms. The Labute approximate surface area is 179 Å². The lowest BCUT2D eigenvalue weighted by atomic mass is 10.1. The Bertz CT molecular complexity index is 1200. The average molecular weight is 417 g/mol. The zero-order chi connectivity index (χ0) is 21.8. The van der Waals surface area contributed by atoms with E-state index in [1.54, 1.807) is 18.3 Å². The number of pyridine rings is 1. The largest absolute Gasteiger partial charge is 0.481 e. The van der Waals surface area contributed by atoms with Gasteiger partial charge in [-0.15, -0.1) is 0 Å². The number of hydrogen-bond acceptors (Lipinski definition) is 7. The highest BCUT2D eigenvalue weighted by Gasteiger charge is 2.11. The fourth-order valence-electron chi connectivity index (χ4n) is 3.11. The minimum Gasteiger partial charge on any atom is -0.481 e. The van der Waals surface area contributed by atoms with E-state index >= 15 is 0 Å². The van der Waals surface area contributed by atoms with Crippen molar-refractivity contribution in [3.05, 3.63) is 66.1 Å². The monoisotopic (exact) mass is 417 g/mol. The zero-order valence-corrected chi connectivity index (χ0v) is 17.5. The van der Waals surface area contributed by atoms with Gasteiger partial charge in [0.25, 0.3) is 5.91 Å². The van der Waals surface area contributed by atoms with E-state index < -0.39 is 0 Å². The van der Waals surface area contributed by atoms with Crippen LogP contribution in [0.3, 0.4) is 0 Å².